The summed E-state index contributed by atoms with van der Waals surface area (Å²) in [5.74, 6) is -0.338. The highest BCUT2D eigenvalue weighted by molar-refractivity contribution is 6.31. The zero-order valence-electron chi connectivity index (χ0n) is 14.6. The second kappa shape index (κ2) is 7.50. The van der Waals surface area contributed by atoms with Gasteiger partial charge in [-0.25, -0.2) is 4.90 Å². The highest BCUT2D eigenvalue weighted by Crippen LogP contribution is 2.28. The molecule has 2 heterocycles. The van der Waals surface area contributed by atoms with E-state index in [-0.39, 0.29) is 18.2 Å². The quantitative estimate of drug-likeness (QED) is 0.736. The largest absolute Gasteiger partial charge is 0.369 e. The molecule has 2 saturated heterocycles. The molecule has 2 aliphatic heterocycles. The first-order valence-electron chi connectivity index (χ1n) is 8.90. The lowest BCUT2D eigenvalue weighted by Crippen LogP contribution is -2.52. The fourth-order valence-electron chi connectivity index (χ4n) is 3.73. The third-order valence-corrected chi connectivity index (χ3v) is 5.62. The second-order valence-electron chi connectivity index (χ2n) is 6.77. The molecule has 0 bridgehead atoms. The Morgan fingerprint density at radius 3 is 2.19 bits per heavy atom. The van der Waals surface area contributed by atoms with Crippen LogP contribution in [0.4, 0.5) is 11.4 Å². The Kier molecular flexibility index (Phi) is 5.08. The number of rotatable bonds is 3. The second-order valence-corrected chi connectivity index (χ2v) is 7.64. The number of hydrogen-bond acceptors (Lipinski definition) is 4. The predicted molar refractivity (Wildman–Crippen MR) is 108 cm³/mol. The zero-order chi connectivity index (χ0) is 19.0. The Bertz CT molecular complexity index is 864. The number of piperazine rings is 1. The number of carbonyl (C=O) groups is 2. The predicted octanol–water partition coefficient (Wildman–Crippen LogP) is 3.45. The van der Waals surface area contributed by atoms with E-state index in [9.17, 15) is 9.59 Å². The summed E-state index contributed by atoms with van der Waals surface area (Å²) < 4.78 is 0. The number of amides is 2. The van der Waals surface area contributed by atoms with Crippen LogP contribution < -0.4 is 9.80 Å². The number of hydrogen-bond donors (Lipinski definition) is 0. The van der Waals surface area contributed by atoms with Gasteiger partial charge in [-0.15, -0.1) is 0 Å². The maximum absolute atomic E-state index is 12.9. The third kappa shape index (κ3) is 3.68. The van der Waals surface area contributed by atoms with Crippen LogP contribution in [0, 0.1) is 0 Å². The molecular formula is C20H19Cl2N3O2. The average molecular weight is 404 g/mol. The molecule has 0 radical (unpaired) electrons. The van der Waals surface area contributed by atoms with Crippen molar-refractivity contribution >= 4 is 46.4 Å². The van der Waals surface area contributed by atoms with Crippen LogP contribution >= 0.6 is 23.2 Å². The van der Waals surface area contributed by atoms with Crippen molar-refractivity contribution in [3.8, 4) is 0 Å². The number of benzene rings is 2. The van der Waals surface area contributed by atoms with Crippen LogP contribution in [0.15, 0.2) is 48.5 Å². The fourth-order valence-corrected chi connectivity index (χ4v) is 4.04. The monoisotopic (exact) mass is 403 g/mol. The summed E-state index contributed by atoms with van der Waals surface area (Å²) in [6, 6.07) is 14.2. The molecule has 2 aromatic carbocycles. The van der Waals surface area contributed by atoms with Gasteiger partial charge in [0.2, 0.25) is 5.91 Å². The van der Waals surface area contributed by atoms with Crippen LogP contribution in [-0.2, 0) is 9.59 Å². The zero-order valence-corrected chi connectivity index (χ0v) is 16.2. The van der Waals surface area contributed by atoms with Crippen molar-refractivity contribution in [2.24, 2.45) is 0 Å². The first-order chi connectivity index (χ1) is 13.0. The fraction of sp³-hybridized carbons (Fsp3) is 0.300. The van der Waals surface area contributed by atoms with Crippen LogP contribution in [-0.4, -0.2) is 48.9 Å². The Hall–Kier alpha value is -2.08. The van der Waals surface area contributed by atoms with Crippen molar-refractivity contribution in [1.29, 1.82) is 0 Å². The van der Waals surface area contributed by atoms with Gasteiger partial charge in [-0.1, -0.05) is 29.3 Å². The lowest BCUT2D eigenvalue weighted by molar-refractivity contribution is -0.123. The van der Waals surface area contributed by atoms with E-state index in [1.165, 1.54) is 4.90 Å². The average Bonchev–Trinajstić information content (AvgIpc) is 2.97. The minimum Gasteiger partial charge on any atom is -0.369 e. The van der Waals surface area contributed by atoms with E-state index in [0.717, 1.165) is 31.9 Å². The summed E-state index contributed by atoms with van der Waals surface area (Å²) in [6.07, 6.45) is 0.215. The van der Waals surface area contributed by atoms with Gasteiger partial charge in [0, 0.05) is 41.9 Å². The molecule has 2 fully saturated rings. The highest BCUT2D eigenvalue weighted by atomic mass is 35.5. The van der Waals surface area contributed by atoms with Gasteiger partial charge in [-0.05, 0) is 42.5 Å². The molecule has 2 aliphatic rings. The molecule has 140 valence electrons. The molecule has 1 atom stereocenters. The van der Waals surface area contributed by atoms with E-state index >= 15 is 0 Å². The molecule has 2 aromatic rings. The van der Waals surface area contributed by atoms with Crippen molar-refractivity contribution < 1.29 is 9.59 Å². The Labute approximate surface area is 168 Å². The Morgan fingerprint density at radius 1 is 0.815 bits per heavy atom. The summed E-state index contributed by atoms with van der Waals surface area (Å²) in [7, 11) is 0. The molecule has 5 nitrogen and oxygen atoms in total. The van der Waals surface area contributed by atoms with Gasteiger partial charge in [0.15, 0.2) is 0 Å². The van der Waals surface area contributed by atoms with Crippen LogP contribution in [0.2, 0.25) is 10.0 Å². The van der Waals surface area contributed by atoms with Crippen LogP contribution in [0.3, 0.4) is 0 Å². The van der Waals surface area contributed by atoms with E-state index in [4.69, 9.17) is 23.2 Å². The molecule has 0 aromatic heterocycles. The smallest absolute Gasteiger partial charge is 0.251 e. The Balaban J connectivity index is 1.44. The molecule has 27 heavy (non-hydrogen) atoms. The first kappa shape index (κ1) is 18.3. The SMILES string of the molecule is O=C1CC(N2CCN(c3ccc(Cl)cc3)CC2)C(=O)N1c1cccc(Cl)c1. The lowest BCUT2D eigenvalue weighted by atomic mass is 10.1. The van der Waals surface area contributed by atoms with Crippen LogP contribution in [0.25, 0.3) is 0 Å². The van der Waals surface area contributed by atoms with E-state index < -0.39 is 6.04 Å². The molecule has 4 rings (SSSR count). The van der Waals surface area contributed by atoms with Gasteiger partial charge in [-0.2, -0.15) is 0 Å². The topological polar surface area (TPSA) is 43.9 Å². The molecular weight excluding hydrogens is 385 g/mol. The molecule has 2 amide bonds. The van der Waals surface area contributed by atoms with Gasteiger partial charge in [0.05, 0.1) is 18.2 Å². The van der Waals surface area contributed by atoms with Crippen molar-refractivity contribution in [2.45, 2.75) is 12.5 Å². The summed E-state index contributed by atoms with van der Waals surface area (Å²) in [5.41, 5.74) is 1.66. The molecule has 0 saturated carbocycles. The summed E-state index contributed by atoms with van der Waals surface area (Å²) in [4.78, 5) is 31.0. The van der Waals surface area contributed by atoms with Crippen molar-refractivity contribution in [3.63, 3.8) is 0 Å². The number of anilines is 2. The summed E-state index contributed by atoms with van der Waals surface area (Å²) >= 11 is 12.0. The van der Waals surface area contributed by atoms with E-state index in [1.54, 1.807) is 24.3 Å². The maximum Gasteiger partial charge on any atom is 0.251 e. The van der Waals surface area contributed by atoms with Crippen molar-refractivity contribution in [2.75, 3.05) is 36.0 Å². The van der Waals surface area contributed by atoms with E-state index in [0.29, 0.717) is 15.7 Å². The number of imide groups is 1. The van der Waals surface area contributed by atoms with Gasteiger partial charge in [0.25, 0.3) is 5.91 Å². The van der Waals surface area contributed by atoms with Gasteiger partial charge >= 0.3 is 0 Å². The highest BCUT2D eigenvalue weighted by Gasteiger charge is 2.43. The molecule has 0 aliphatic carbocycles. The summed E-state index contributed by atoms with van der Waals surface area (Å²) in [6.45, 7) is 3.07. The first-order valence-corrected chi connectivity index (χ1v) is 9.65. The summed E-state index contributed by atoms with van der Waals surface area (Å²) in [5, 5.41) is 1.22. The van der Waals surface area contributed by atoms with Crippen LogP contribution in [0.5, 0.6) is 0 Å². The van der Waals surface area contributed by atoms with Gasteiger partial charge < -0.3 is 4.90 Å². The van der Waals surface area contributed by atoms with Crippen molar-refractivity contribution in [1.82, 2.24) is 4.90 Å². The van der Waals surface area contributed by atoms with E-state index in [1.807, 2.05) is 24.3 Å². The van der Waals surface area contributed by atoms with Crippen LogP contribution in [0.1, 0.15) is 6.42 Å². The van der Waals surface area contributed by atoms with Gasteiger partial charge in [0.1, 0.15) is 0 Å². The van der Waals surface area contributed by atoms with Crippen molar-refractivity contribution in [3.05, 3.63) is 58.6 Å². The molecule has 0 spiro atoms. The minimum atomic E-state index is -0.399. The lowest BCUT2D eigenvalue weighted by Gasteiger charge is -2.38. The number of carbonyl (C=O) groups excluding carboxylic acids is 2. The molecule has 1 unspecified atom stereocenters. The third-order valence-electron chi connectivity index (χ3n) is 5.14. The normalized spacial score (nSPS) is 21.2. The van der Waals surface area contributed by atoms with Gasteiger partial charge in [-0.3, -0.25) is 14.5 Å². The Morgan fingerprint density at radius 2 is 1.52 bits per heavy atom. The van der Waals surface area contributed by atoms with E-state index in [2.05, 4.69) is 9.80 Å². The number of nitrogens with zero attached hydrogens (tertiary/aromatic N) is 3. The number of halogens is 2. The standard InChI is InChI=1S/C20H19Cl2N3O2/c21-14-4-6-16(7-5-14)23-8-10-24(11-9-23)18-13-19(26)25(20(18)27)17-3-1-2-15(22)12-17/h1-7,12,18H,8-11,13H2. The minimum absolute atomic E-state index is 0.165. The molecule has 7 heteroatoms. The molecule has 0 N–H and O–H groups in total. The maximum atomic E-state index is 12.9.